The third kappa shape index (κ3) is 3.41. The van der Waals surface area contributed by atoms with E-state index in [4.69, 9.17) is 11.6 Å². The Labute approximate surface area is 145 Å². The largest absolute Gasteiger partial charge is 0.351 e. The maximum atomic E-state index is 12.6. The number of amides is 2. The Morgan fingerprint density at radius 1 is 1.17 bits per heavy atom. The minimum atomic E-state index is -0.970. The van der Waals surface area contributed by atoms with Crippen LogP contribution in [0.15, 0.2) is 42.7 Å². The van der Waals surface area contributed by atoms with Gasteiger partial charge in [0.15, 0.2) is 0 Å². The van der Waals surface area contributed by atoms with Crippen LogP contribution in [-0.4, -0.2) is 16.8 Å². The van der Waals surface area contributed by atoms with Gasteiger partial charge in [0.05, 0.1) is 0 Å². The summed E-state index contributed by atoms with van der Waals surface area (Å²) >= 11 is 5.97. The molecule has 0 atom stereocenters. The van der Waals surface area contributed by atoms with E-state index < -0.39 is 5.41 Å². The van der Waals surface area contributed by atoms with E-state index in [1.54, 1.807) is 24.5 Å². The second-order valence-electron chi connectivity index (χ2n) is 6.03. The smallest absolute Gasteiger partial charge is 0.240 e. The van der Waals surface area contributed by atoms with Crippen molar-refractivity contribution in [3.05, 3.63) is 58.9 Å². The van der Waals surface area contributed by atoms with Gasteiger partial charge in [-0.2, -0.15) is 0 Å². The zero-order valence-electron chi connectivity index (χ0n) is 13.3. The summed E-state index contributed by atoms with van der Waals surface area (Å²) in [4.78, 5) is 29.0. The van der Waals surface area contributed by atoms with Crippen LogP contribution in [0.3, 0.4) is 0 Å². The van der Waals surface area contributed by atoms with E-state index in [9.17, 15) is 9.59 Å². The van der Waals surface area contributed by atoms with Gasteiger partial charge in [-0.1, -0.05) is 17.7 Å². The number of nitrogens with zero attached hydrogens (tertiary/aromatic N) is 1. The van der Waals surface area contributed by atoms with Crippen molar-refractivity contribution in [1.82, 2.24) is 10.3 Å². The number of pyridine rings is 1. The second kappa shape index (κ2) is 6.61. The number of carbonyl (C=O) groups excluding carboxylic acids is 2. The molecule has 1 saturated carbocycles. The maximum Gasteiger partial charge on any atom is 0.240 e. The molecule has 0 radical (unpaired) electrons. The fourth-order valence-corrected chi connectivity index (χ4v) is 2.68. The molecule has 2 aromatic rings. The first-order chi connectivity index (χ1) is 11.5. The normalized spacial score (nSPS) is 14.8. The van der Waals surface area contributed by atoms with Crippen molar-refractivity contribution in [3.8, 4) is 0 Å². The minimum Gasteiger partial charge on any atom is -0.351 e. The zero-order valence-corrected chi connectivity index (χ0v) is 14.1. The van der Waals surface area contributed by atoms with Gasteiger partial charge in [0.25, 0.3) is 0 Å². The van der Waals surface area contributed by atoms with E-state index >= 15 is 0 Å². The van der Waals surface area contributed by atoms with E-state index in [0.717, 1.165) is 11.1 Å². The van der Waals surface area contributed by atoms with Gasteiger partial charge in [0, 0.05) is 29.6 Å². The molecule has 3 rings (SSSR count). The summed E-state index contributed by atoms with van der Waals surface area (Å²) in [5.41, 5.74) is 1.52. The van der Waals surface area contributed by atoms with Crippen LogP contribution in [-0.2, 0) is 16.1 Å². The number of aryl methyl sites for hydroxylation is 1. The fraction of sp³-hybridized carbons (Fsp3) is 0.278. The van der Waals surface area contributed by atoms with Gasteiger partial charge in [0.2, 0.25) is 11.8 Å². The molecule has 2 N–H and O–H groups in total. The summed E-state index contributed by atoms with van der Waals surface area (Å²) in [6, 6.07) is 8.95. The standard InChI is InChI=1S/C18H18ClN3O2/c1-12-2-3-14(19)10-15(12)22-17(24)18(6-7-18)16(23)21-11-13-4-8-20-9-5-13/h2-5,8-10H,6-7,11H2,1H3,(H,21,23)(H,22,24). The lowest BCUT2D eigenvalue weighted by molar-refractivity contribution is -0.134. The number of benzene rings is 1. The first-order valence-corrected chi connectivity index (χ1v) is 8.14. The lowest BCUT2D eigenvalue weighted by atomic mass is 10.0. The molecule has 24 heavy (non-hydrogen) atoms. The highest BCUT2D eigenvalue weighted by molar-refractivity contribution is 6.31. The highest BCUT2D eigenvalue weighted by Gasteiger charge is 2.56. The van der Waals surface area contributed by atoms with Crippen LogP contribution in [0.5, 0.6) is 0 Å². The van der Waals surface area contributed by atoms with Crippen LogP contribution in [0, 0.1) is 12.3 Å². The summed E-state index contributed by atoms with van der Waals surface area (Å²) in [5.74, 6) is -0.517. The number of hydrogen-bond donors (Lipinski definition) is 2. The fourth-order valence-electron chi connectivity index (χ4n) is 2.51. The SMILES string of the molecule is Cc1ccc(Cl)cc1NC(=O)C1(C(=O)NCc2ccncc2)CC1. The molecule has 5 nitrogen and oxygen atoms in total. The van der Waals surface area contributed by atoms with E-state index in [1.165, 1.54) is 0 Å². The van der Waals surface area contributed by atoms with E-state index in [2.05, 4.69) is 15.6 Å². The van der Waals surface area contributed by atoms with Crippen LogP contribution in [0.4, 0.5) is 5.69 Å². The van der Waals surface area contributed by atoms with Crippen molar-refractivity contribution < 1.29 is 9.59 Å². The Morgan fingerprint density at radius 3 is 2.54 bits per heavy atom. The molecule has 0 aliphatic heterocycles. The summed E-state index contributed by atoms with van der Waals surface area (Å²) in [5, 5.41) is 6.22. The molecule has 0 bridgehead atoms. The molecule has 2 amide bonds. The molecule has 6 heteroatoms. The highest BCUT2D eigenvalue weighted by Crippen LogP contribution is 2.47. The first kappa shape index (κ1) is 16.5. The van der Waals surface area contributed by atoms with Crippen LogP contribution < -0.4 is 10.6 Å². The quantitative estimate of drug-likeness (QED) is 0.819. The number of hydrogen-bond acceptors (Lipinski definition) is 3. The van der Waals surface area contributed by atoms with Gasteiger partial charge in [-0.25, -0.2) is 0 Å². The predicted octanol–water partition coefficient (Wildman–Crippen LogP) is 3.08. The third-order valence-electron chi connectivity index (χ3n) is 4.27. The molecular formula is C18H18ClN3O2. The van der Waals surface area contributed by atoms with Crippen molar-refractivity contribution in [2.75, 3.05) is 5.32 Å². The topological polar surface area (TPSA) is 71.1 Å². The Morgan fingerprint density at radius 2 is 1.88 bits per heavy atom. The van der Waals surface area contributed by atoms with Crippen LogP contribution in [0.1, 0.15) is 24.0 Å². The van der Waals surface area contributed by atoms with Crippen molar-refractivity contribution in [3.63, 3.8) is 0 Å². The predicted molar refractivity (Wildman–Crippen MR) is 92.6 cm³/mol. The third-order valence-corrected chi connectivity index (χ3v) is 4.50. The summed E-state index contributed by atoms with van der Waals surface area (Å²) in [6.45, 7) is 2.27. The van der Waals surface area contributed by atoms with Gasteiger partial charge in [-0.15, -0.1) is 0 Å². The van der Waals surface area contributed by atoms with E-state index in [-0.39, 0.29) is 11.8 Å². The molecule has 0 spiro atoms. The van der Waals surface area contributed by atoms with E-state index in [1.807, 2.05) is 25.1 Å². The number of carbonyl (C=O) groups is 2. The summed E-state index contributed by atoms with van der Waals surface area (Å²) < 4.78 is 0. The second-order valence-corrected chi connectivity index (χ2v) is 6.47. The Hall–Kier alpha value is -2.40. The molecule has 1 heterocycles. The van der Waals surface area contributed by atoms with Crippen LogP contribution in [0.25, 0.3) is 0 Å². The molecule has 124 valence electrons. The van der Waals surface area contributed by atoms with Gasteiger partial charge in [-0.05, 0) is 55.2 Å². The Kier molecular flexibility index (Phi) is 4.53. The van der Waals surface area contributed by atoms with Crippen molar-refractivity contribution >= 4 is 29.1 Å². The molecular weight excluding hydrogens is 326 g/mol. The number of aromatic nitrogens is 1. The summed E-state index contributed by atoms with van der Waals surface area (Å²) in [7, 11) is 0. The Bertz CT molecular complexity index is 773. The van der Waals surface area contributed by atoms with Crippen molar-refractivity contribution in [2.45, 2.75) is 26.3 Å². The van der Waals surface area contributed by atoms with Crippen LogP contribution in [0.2, 0.25) is 5.02 Å². The average Bonchev–Trinajstić information content (AvgIpc) is 3.39. The van der Waals surface area contributed by atoms with Gasteiger partial charge >= 0.3 is 0 Å². The number of halogens is 1. The summed E-state index contributed by atoms with van der Waals surface area (Å²) in [6.07, 6.45) is 4.45. The number of rotatable bonds is 5. The monoisotopic (exact) mass is 343 g/mol. The zero-order chi connectivity index (χ0) is 17.2. The number of nitrogens with one attached hydrogen (secondary N) is 2. The first-order valence-electron chi connectivity index (χ1n) is 7.76. The molecule has 1 fully saturated rings. The molecule has 1 aliphatic carbocycles. The van der Waals surface area contributed by atoms with Crippen molar-refractivity contribution in [1.29, 1.82) is 0 Å². The lowest BCUT2D eigenvalue weighted by Gasteiger charge is -2.16. The molecule has 0 unspecified atom stereocenters. The van der Waals surface area contributed by atoms with Gasteiger partial charge in [-0.3, -0.25) is 14.6 Å². The minimum absolute atomic E-state index is 0.239. The molecule has 1 aromatic heterocycles. The number of anilines is 1. The maximum absolute atomic E-state index is 12.6. The Balaban J connectivity index is 1.65. The highest BCUT2D eigenvalue weighted by atomic mass is 35.5. The van der Waals surface area contributed by atoms with Gasteiger partial charge in [0.1, 0.15) is 5.41 Å². The lowest BCUT2D eigenvalue weighted by Crippen LogP contribution is -2.39. The van der Waals surface area contributed by atoms with Gasteiger partial charge < -0.3 is 10.6 Å². The van der Waals surface area contributed by atoms with Crippen molar-refractivity contribution in [2.24, 2.45) is 5.41 Å². The molecule has 0 saturated heterocycles. The molecule has 1 aliphatic rings. The van der Waals surface area contributed by atoms with E-state index in [0.29, 0.717) is 30.1 Å². The van der Waals surface area contributed by atoms with Crippen LogP contribution >= 0.6 is 11.6 Å². The molecule has 1 aromatic carbocycles. The average molecular weight is 344 g/mol.